The molecular weight excluding hydrogens is 437 g/mol. The molecule has 2 aromatic heterocycles. The van der Waals surface area contributed by atoms with Gasteiger partial charge in [-0.05, 0) is 54.4 Å². The Bertz CT molecular complexity index is 1260. The van der Waals surface area contributed by atoms with Crippen LogP contribution in [0, 0.1) is 5.82 Å². The first-order chi connectivity index (χ1) is 16.1. The molecule has 0 bridgehead atoms. The standard InChI is InChI=1S/C27H23ClFN3O/c1-18-17-33-14-13-32(18)26-16-22(19-8-10-23(29)11-9-19)15-25(31-26)20-4-6-21(7-5-20)27-24(28)3-2-12-30-27/h2-12,15-16,18H,13-14,17H2,1H3. The molecule has 0 aliphatic carbocycles. The van der Waals surface area contributed by atoms with Gasteiger partial charge in [-0.15, -0.1) is 0 Å². The van der Waals surface area contributed by atoms with Crippen molar-refractivity contribution in [1.29, 1.82) is 0 Å². The van der Waals surface area contributed by atoms with Crippen molar-refractivity contribution in [2.24, 2.45) is 0 Å². The lowest BCUT2D eigenvalue weighted by Gasteiger charge is -2.34. The van der Waals surface area contributed by atoms with Crippen LogP contribution in [0.5, 0.6) is 0 Å². The molecule has 33 heavy (non-hydrogen) atoms. The van der Waals surface area contributed by atoms with E-state index in [2.05, 4.69) is 22.9 Å². The molecular formula is C27H23ClFN3O. The summed E-state index contributed by atoms with van der Waals surface area (Å²) < 4.78 is 19.1. The Morgan fingerprint density at radius 2 is 1.67 bits per heavy atom. The van der Waals surface area contributed by atoms with Crippen LogP contribution in [0.2, 0.25) is 5.02 Å². The number of rotatable bonds is 4. The van der Waals surface area contributed by atoms with Gasteiger partial charge < -0.3 is 9.64 Å². The summed E-state index contributed by atoms with van der Waals surface area (Å²) in [6.07, 6.45) is 1.73. The summed E-state index contributed by atoms with van der Waals surface area (Å²) >= 11 is 6.32. The fraction of sp³-hybridized carbons (Fsp3) is 0.185. The first-order valence-electron chi connectivity index (χ1n) is 10.9. The van der Waals surface area contributed by atoms with E-state index >= 15 is 0 Å². The minimum absolute atomic E-state index is 0.219. The van der Waals surface area contributed by atoms with Crippen LogP contribution in [0.4, 0.5) is 10.2 Å². The highest BCUT2D eigenvalue weighted by Gasteiger charge is 2.21. The molecule has 1 saturated heterocycles. The van der Waals surface area contributed by atoms with Gasteiger partial charge >= 0.3 is 0 Å². The molecule has 1 aliphatic heterocycles. The van der Waals surface area contributed by atoms with Gasteiger partial charge in [0.1, 0.15) is 11.6 Å². The number of nitrogens with zero attached hydrogens (tertiary/aromatic N) is 3. The van der Waals surface area contributed by atoms with E-state index < -0.39 is 0 Å². The fourth-order valence-electron chi connectivity index (χ4n) is 4.08. The molecule has 4 aromatic rings. The Kier molecular flexibility index (Phi) is 6.07. The maximum atomic E-state index is 13.5. The molecule has 3 heterocycles. The van der Waals surface area contributed by atoms with Crippen LogP contribution in [0.1, 0.15) is 6.92 Å². The summed E-state index contributed by atoms with van der Waals surface area (Å²) in [5.74, 6) is 0.637. The molecule has 1 unspecified atom stereocenters. The van der Waals surface area contributed by atoms with E-state index in [1.807, 2.05) is 42.5 Å². The van der Waals surface area contributed by atoms with Crippen LogP contribution >= 0.6 is 11.6 Å². The van der Waals surface area contributed by atoms with Crippen molar-refractivity contribution >= 4 is 17.4 Å². The highest BCUT2D eigenvalue weighted by Crippen LogP contribution is 2.32. The molecule has 1 atom stereocenters. The lowest BCUT2D eigenvalue weighted by atomic mass is 10.0. The van der Waals surface area contributed by atoms with Gasteiger partial charge in [0, 0.05) is 23.9 Å². The predicted molar refractivity (Wildman–Crippen MR) is 131 cm³/mol. The fourth-order valence-corrected chi connectivity index (χ4v) is 4.32. The van der Waals surface area contributed by atoms with Gasteiger partial charge in [0.2, 0.25) is 0 Å². The van der Waals surface area contributed by atoms with Crippen molar-refractivity contribution in [3.05, 3.63) is 89.8 Å². The number of ether oxygens (including phenoxy) is 1. The first kappa shape index (κ1) is 21.6. The Labute approximate surface area is 197 Å². The van der Waals surface area contributed by atoms with Crippen LogP contribution in [0.15, 0.2) is 79.0 Å². The predicted octanol–water partition coefficient (Wildman–Crippen LogP) is 6.50. The third kappa shape index (κ3) is 4.61. The number of benzene rings is 2. The number of anilines is 1. The van der Waals surface area contributed by atoms with Gasteiger partial charge in [-0.1, -0.05) is 48.0 Å². The van der Waals surface area contributed by atoms with Gasteiger partial charge in [-0.25, -0.2) is 9.37 Å². The lowest BCUT2D eigenvalue weighted by molar-refractivity contribution is 0.0985. The summed E-state index contributed by atoms with van der Waals surface area (Å²) in [6.45, 7) is 4.24. The van der Waals surface area contributed by atoms with Crippen LogP contribution in [0.3, 0.4) is 0 Å². The minimum Gasteiger partial charge on any atom is -0.377 e. The van der Waals surface area contributed by atoms with Crippen molar-refractivity contribution in [3.63, 3.8) is 0 Å². The van der Waals surface area contributed by atoms with E-state index in [9.17, 15) is 4.39 Å². The van der Waals surface area contributed by atoms with Crippen LogP contribution < -0.4 is 4.90 Å². The van der Waals surface area contributed by atoms with Crippen LogP contribution in [-0.4, -0.2) is 35.8 Å². The smallest absolute Gasteiger partial charge is 0.130 e. The summed E-state index contributed by atoms with van der Waals surface area (Å²) in [5, 5.41) is 0.616. The number of aromatic nitrogens is 2. The molecule has 0 saturated carbocycles. The van der Waals surface area contributed by atoms with Crippen molar-refractivity contribution in [2.45, 2.75) is 13.0 Å². The van der Waals surface area contributed by atoms with Crippen LogP contribution in [-0.2, 0) is 4.74 Å². The van der Waals surface area contributed by atoms with Crippen molar-refractivity contribution < 1.29 is 9.13 Å². The van der Waals surface area contributed by atoms with E-state index in [1.165, 1.54) is 12.1 Å². The number of morpholine rings is 1. The SMILES string of the molecule is CC1COCCN1c1cc(-c2ccc(F)cc2)cc(-c2ccc(-c3ncccc3Cl)cc2)n1. The Morgan fingerprint density at radius 1 is 0.939 bits per heavy atom. The van der Waals surface area contributed by atoms with Gasteiger partial charge in [0.15, 0.2) is 0 Å². The van der Waals surface area contributed by atoms with E-state index in [1.54, 1.807) is 18.3 Å². The number of pyridine rings is 2. The maximum Gasteiger partial charge on any atom is 0.130 e. The normalized spacial score (nSPS) is 16.1. The second-order valence-corrected chi connectivity index (χ2v) is 8.54. The monoisotopic (exact) mass is 459 g/mol. The van der Waals surface area contributed by atoms with Gasteiger partial charge in [-0.2, -0.15) is 0 Å². The van der Waals surface area contributed by atoms with Crippen LogP contribution in [0.25, 0.3) is 33.6 Å². The number of hydrogen-bond donors (Lipinski definition) is 0. The molecule has 1 fully saturated rings. The number of halogens is 2. The summed E-state index contributed by atoms with van der Waals surface area (Å²) in [7, 11) is 0. The third-order valence-corrected chi connectivity index (χ3v) is 6.17. The summed E-state index contributed by atoms with van der Waals surface area (Å²) in [5.41, 5.74) is 5.47. The molecule has 2 aromatic carbocycles. The first-order valence-corrected chi connectivity index (χ1v) is 11.3. The molecule has 4 nitrogen and oxygen atoms in total. The Hall–Kier alpha value is -3.28. The van der Waals surface area contributed by atoms with E-state index in [0.29, 0.717) is 18.2 Å². The zero-order valence-corrected chi connectivity index (χ0v) is 19.0. The zero-order chi connectivity index (χ0) is 22.8. The van der Waals surface area contributed by atoms with E-state index in [-0.39, 0.29) is 11.9 Å². The Morgan fingerprint density at radius 3 is 2.39 bits per heavy atom. The molecule has 5 rings (SSSR count). The quantitative estimate of drug-likeness (QED) is 0.349. The maximum absolute atomic E-state index is 13.5. The van der Waals surface area contributed by atoms with Gasteiger partial charge in [0.25, 0.3) is 0 Å². The lowest BCUT2D eigenvalue weighted by Crippen LogP contribution is -2.44. The molecule has 0 N–H and O–H groups in total. The molecule has 6 heteroatoms. The zero-order valence-electron chi connectivity index (χ0n) is 18.2. The largest absolute Gasteiger partial charge is 0.377 e. The molecule has 1 aliphatic rings. The van der Waals surface area contributed by atoms with Gasteiger partial charge in [-0.3, -0.25) is 4.98 Å². The topological polar surface area (TPSA) is 38.2 Å². The molecule has 0 spiro atoms. The molecule has 0 amide bonds. The van der Waals surface area contributed by atoms with Crippen molar-refractivity contribution in [1.82, 2.24) is 9.97 Å². The minimum atomic E-state index is -0.251. The Balaban J connectivity index is 1.57. The van der Waals surface area contributed by atoms with E-state index in [0.717, 1.165) is 46.0 Å². The van der Waals surface area contributed by atoms with Crippen molar-refractivity contribution in [3.8, 4) is 33.6 Å². The molecule has 166 valence electrons. The number of hydrogen-bond acceptors (Lipinski definition) is 4. The average molecular weight is 460 g/mol. The average Bonchev–Trinajstić information content (AvgIpc) is 2.85. The summed E-state index contributed by atoms with van der Waals surface area (Å²) in [6, 6.07) is 22.6. The highest BCUT2D eigenvalue weighted by atomic mass is 35.5. The second-order valence-electron chi connectivity index (χ2n) is 8.13. The summed E-state index contributed by atoms with van der Waals surface area (Å²) in [4.78, 5) is 11.7. The van der Waals surface area contributed by atoms with Crippen molar-refractivity contribution in [2.75, 3.05) is 24.7 Å². The third-order valence-electron chi connectivity index (χ3n) is 5.86. The van der Waals surface area contributed by atoms with E-state index in [4.69, 9.17) is 21.3 Å². The van der Waals surface area contributed by atoms with Gasteiger partial charge in [0.05, 0.1) is 35.7 Å². The highest BCUT2D eigenvalue weighted by molar-refractivity contribution is 6.33. The molecule has 0 radical (unpaired) electrons. The second kappa shape index (κ2) is 9.30.